The highest BCUT2D eigenvalue weighted by atomic mass is 19.4. The van der Waals surface area contributed by atoms with Crippen molar-refractivity contribution >= 4 is 0 Å². The third-order valence-electron chi connectivity index (χ3n) is 1.89. The summed E-state index contributed by atoms with van der Waals surface area (Å²) in [6.45, 7) is 0.307. The molecule has 15 heavy (non-hydrogen) atoms. The first kappa shape index (κ1) is 12.0. The summed E-state index contributed by atoms with van der Waals surface area (Å²) in [5, 5.41) is 12.4. The van der Waals surface area contributed by atoms with Gasteiger partial charge in [0.1, 0.15) is 0 Å². The van der Waals surface area contributed by atoms with Crippen molar-refractivity contribution in [2.24, 2.45) is 5.73 Å². The first-order valence-electron chi connectivity index (χ1n) is 4.42. The van der Waals surface area contributed by atoms with Crippen molar-refractivity contribution < 1.29 is 18.3 Å². The maximum Gasteiger partial charge on any atom is 0.435 e. The molecule has 1 rings (SSSR count). The maximum absolute atomic E-state index is 12.1. The molecule has 0 spiro atoms. The Bertz CT molecular complexity index is 310. The molecular weight excluding hydrogens is 211 g/mol. The predicted octanol–water partition coefficient (Wildman–Crippen LogP) is 0.612. The van der Waals surface area contributed by atoms with Crippen molar-refractivity contribution in [3.63, 3.8) is 0 Å². The summed E-state index contributed by atoms with van der Waals surface area (Å²) in [7, 11) is 0. The number of hydrogen-bond donors (Lipinski definition) is 2. The van der Waals surface area contributed by atoms with E-state index in [2.05, 4.69) is 5.10 Å². The van der Waals surface area contributed by atoms with Gasteiger partial charge in [-0.2, -0.15) is 18.3 Å². The largest absolute Gasteiger partial charge is 0.435 e. The van der Waals surface area contributed by atoms with Crippen molar-refractivity contribution in [1.82, 2.24) is 9.78 Å². The van der Waals surface area contributed by atoms with Gasteiger partial charge in [-0.05, 0) is 12.5 Å². The Labute approximate surface area is 84.5 Å². The molecule has 1 aromatic rings. The Kier molecular flexibility index (Phi) is 3.70. The number of aliphatic hydroxyl groups excluding tert-OH is 1. The summed E-state index contributed by atoms with van der Waals surface area (Å²) in [6, 6.07) is 0.898. The van der Waals surface area contributed by atoms with Gasteiger partial charge in [0.2, 0.25) is 0 Å². The monoisotopic (exact) mass is 223 g/mol. The van der Waals surface area contributed by atoms with Crippen molar-refractivity contribution in [3.8, 4) is 0 Å². The van der Waals surface area contributed by atoms with Gasteiger partial charge in [-0.15, -0.1) is 0 Å². The number of aromatic nitrogens is 2. The zero-order valence-electron chi connectivity index (χ0n) is 7.91. The van der Waals surface area contributed by atoms with Gasteiger partial charge in [-0.3, -0.25) is 4.68 Å². The van der Waals surface area contributed by atoms with E-state index in [1.54, 1.807) is 0 Å². The summed E-state index contributed by atoms with van der Waals surface area (Å²) in [6.07, 6.45) is -3.61. The van der Waals surface area contributed by atoms with Gasteiger partial charge >= 0.3 is 6.18 Å². The Balaban J connectivity index is 2.54. The Morgan fingerprint density at radius 3 is 2.67 bits per heavy atom. The lowest BCUT2D eigenvalue weighted by Crippen LogP contribution is -2.21. The average Bonchev–Trinajstić information content (AvgIpc) is 2.61. The lowest BCUT2D eigenvalue weighted by atomic mass is 10.2. The first-order valence-corrected chi connectivity index (χ1v) is 4.42. The molecule has 1 atom stereocenters. The highest BCUT2D eigenvalue weighted by Gasteiger charge is 2.33. The zero-order valence-corrected chi connectivity index (χ0v) is 7.91. The second kappa shape index (κ2) is 4.63. The van der Waals surface area contributed by atoms with Crippen LogP contribution in [-0.2, 0) is 12.7 Å². The second-order valence-electron chi connectivity index (χ2n) is 3.14. The maximum atomic E-state index is 12.1. The van der Waals surface area contributed by atoms with E-state index in [0.717, 1.165) is 10.7 Å². The number of nitrogens with two attached hydrogens (primary N) is 1. The fourth-order valence-electron chi connectivity index (χ4n) is 1.04. The number of alkyl halides is 3. The summed E-state index contributed by atoms with van der Waals surface area (Å²) in [4.78, 5) is 0. The molecule has 0 saturated carbocycles. The second-order valence-corrected chi connectivity index (χ2v) is 3.14. The number of aryl methyl sites for hydroxylation is 1. The van der Waals surface area contributed by atoms with Gasteiger partial charge in [-0.25, -0.2) is 0 Å². The van der Waals surface area contributed by atoms with Gasteiger partial charge in [0.25, 0.3) is 0 Å². The van der Waals surface area contributed by atoms with Crippen LogP contribution in [0.4, 0.5) is 13.2 Å². The quantitative estimate of drug-likeness (QED) is 0.786. The molecule has 4 nitrogen and oxygen atoms in total. The van der Waals surface area contributed by atoms with Gasteiger partial charge in [0.15, 0.2) is 5.69 Å². The van der Waals surface area contributed by atoms with E-state index in [0.29, 0.717) is 0 Å². The molecule has 1 aromatic heterocycles. The molecule has 0 aromatic carbocycles. The minimum atomic E-state index is -4.42. The smallest absolute Gasteiger partial charge is 0.392 e. The third-order valence-corrected chi connectivity index (χ3v) is 1.89. The van der Waals surface area contributed by atoms with Gasteiger partial charge in [-0.1, -0.05) is 0 Å². The van der Waals surface area contributed by atoms with Gasteiger partial charge in [0, 0.05) is 19.3 Å². The minimum Gasteiger partial charge on any atom is -0.392 e. The van der Waals surface area contributed by atoms with E-state index in [1.807, 2.05) is 0 Å². The molecule has 0 bridgehead atoms. The van der Waals surface area contributed by atoms with E-state index in [9.17, 15) is 13.2 Å². The minimum absolute atomic E-state index is 0.0907. The third kappa shape index (κ3) is 3.52. The van der Waals surface area contributed by atoms with Gasteiger partial charge < -0.3 is 10.8 Å². The molecule has 7 heteroatoms. The Hall–Kier alpha value is -1.08. The summed E-state index contributed by atoms with van der Waals surface area (Å²) < 4.78 is 37.5. The number of aliphatic hydroxyl groups is 1. The van der Waals surface area contributed by atoms with Crippen LogP contribution < -0.4 is 5.73 Å². The SMILES string of the molecule is NCC(O)CCn1ccc(C(F)(F)F)n1. The van der Waals surface area contributed by atoms with Crippen LogP contribution in [0.25, 0.3) is 0 Å². The lowest BCUT2D eigenvalue weighted by molar-refractivity contribution is -0.141. The fourth-order valence-corrected chi connectivity index (χ4v) is 1.04. The van der Waals surface area contributed by atoms with Crippen molar-refractivity contribution in [2.45, 2.75) is 25.2 Å². The molecule has 0 aliphatic carbocycles. The van der Waals surface area contributed by atoms with Crippen LogP contribution in [0.2, 0.25) is 0 Å². The highest BCUT2D eigenvalue weighted by Crippen LogP contribution is 2.27. The normalized spacial score (nSPS) is 14.2. The summed E-state index contributed by atoms with van der Waals surface area (Å²) in [5.41, 5.74) is 4.22. The zero-order chi connectivity index (χ0) is 11.5. The molecule has 0 saturated heterocycles. The standard InChI is InChI=1S/C8H12F3N3O/c9-8(10,11)7-2-4-14(13-7)3-1-6(15)5-12/h2,4,6,15H,1,3,5,12H2. The van der Waals surface area contributed by atoms with E-state index in [4.69, 9.17) is 10.8 Å². The molecule has 1 unspecified atom stereocenters. The van der Waals surface area contributed by atoms with Crippen molar-refractivity contribution in [2.75, 3.05) is 6.54 Å². The first-order chi connectivity index (χ1) is 6.93. The number of hydrogen-bond acceptors (Lipinski definition) is 3. The predicted molar refractivity (Wildman–Crippen MR) is 46.9 cm³/mol. The number of rotatable bonds is 4. The molecule has 0 fully saturated rings. The van der Waals surface area contributed by atoms with E-state index < -0.39 is 18.0 Å². The van der Waals surface area contributed by atoms with Crippen LogP contribution in [0.15, 0.2) is 12.3 Å². The van der Waals surface area contributed by atoms with Crippen LogP contribution in [-0.4, -0.2) is 27.5 Å². The molecule has 3 N–H and O–H groups in total. The van der Waals surface area contributed by atoms with Crippen molar-refractivity contribution in [1.29, 1.82) is 0 Å². The molecule has 0 radical (unpaired) electrons. The van der Waals surface area contributed by atoms with E-state index >= 15 is 0 Å². The molecule has 0 aliphatic rings. The average molecular weight is 223 g/mol. The van der Waals surface area contributed by atoms with Crippen LogP contribution in [0.1, 0.15) is 12.1 Å². The topological polar surface area (TPSA) is 64.1 Å². The molecule has 1 heterocycles. The van der Waals surface area contributed by atoms with E-state index in [-0.39, 0.29) is 19.5 Å². The van der Waals surface area contributed by atoms with Crippen LogP contribution in [0.3, 0.4) is 0 Å². The number of halogens is 3. The van der Waals surface area contributed by atoms with Crippen molar-refractivity contribution in [3.05, 3.63) is 18.0 Å². The molecule has 86 valence electrons. The Morgan fingerprint density at radius 1 is 1.53 bits per heavy atom. The fraction of sp³-hybridized carbons (Fsp3) is 0.625. The summed E-state index contributed by atoms with van der Waals surface area (Å²) >= 11 is 0. The van der Waals surface area contributed by atoms with Crippen LogP contribution in [0.5, 0.6) is 0 Å². The molecule has 0 aliphatic heterocycles. The molecule has 0 amide bonds. The Morgan fingerprint density at radius 2 is 2.20 bits per heavy atom. The lowest BCUT2D eigenvalue weighted by Gasteiger charge is -2.07. The summed E-state index contributed by atoms with van der Waals surface area (Å²) in [5.74, 6) is 0. The van der Waals surface area contributed by atoms with Gasteiger partial charge in [0.05, 0.1) is 6.10 Å². The van der Waals surface area contributed by atoms with E-state index in [1.165, 1.54) is 6.20 Å². The number of nitrogens with zero attached hydrogens (tertiary/aromatic N) is 2. The van der Waals surface area contributed by atoms with Crippen LogP contribution >= 0.6 is 0 Å². The van der Waals surface area contributed by atoms with Crippen LogP contribution in [0, 0.1) is 0 Å². The highest BCUT2D eigenvalue weighted by molar-refractivity contribution is 5.03. The molecular formula is C8H12F3N3O.